The van der Waals surface area contributed by atoms with Gasteiger partial charge in [-0.1, -0.05) is 86.1 Å². The van der Waals surface area contributed by atoms with Crippen molar-refractivity contribution in [2.45, 2.75) is 57.5 Å². The summed E-state index contributed by atoms with van der Waals surface area (Å²) in [5.74, 6) is -0.187. The van der Waals surface area contributed by atoms with Gasteiger partial charge in [0, 0.05) is 19.5 Å². The number of carbonyl (C=O) groups excluding carboxylic acids is 2. The van der Waals surface area contributed by atoms with Gasteiger partial charge >= 0.3 is 0 Å². The molecule has 0 fully saturated rings. The average molecular weight is 642 g/mol. The largest absolute Gasteiger partial charge is 0.497 e. The molecule has 2 amide bonds. The third-order valence-electron chi connectivity index (χ3n) is 7.83. The number of carbonyl (C=O) groups is 2. The number of sulfonamides is 1. The molecular weight excluding hydrogens is 598 g/mol. The number of benzene rings is 4. The van der Waals surface area contributed by atoms with Crippen LogP contribution in [-0.4, -0.2) is 51.4 Å². The van der Waals surface area contributed by atoms with Crippen molar-refractivity contribution in [2.24, 2.45) is 0 Å². The molecule has 0 spiro atoms. The summed E-state index contributed by atoms with van der Waals surface area (Å²) in [4.78, 5) is 30.1. The van der Waals surface area contributed by atoms with Gasteiger partial charge in [-0.05, 0) is 72.9 Å². The zero-order valence-corrected chi connectivity index (χ0v) is 27.8. The molecule has 0 aliphatic heterocycles. The third kappa shape index (κ3) is 8.75. The van der Waals surface area contributed by atoms with Gasteiger partial charge in [0.15, 0.2) is 0 Å². The highest BCUT2D eigenvalue weighted by Gasteiger charge is 2.35. The Kier molecular flexibility index (Phi) is 12.0. The minimum atomic E-state index is -4.16. The quantitative estimate of drug-likeness (QED) is 0.159. The van der Waals surface area contributed by atoms with Crippen LogP contribution < -0.4 is 14.4 Å². The van der Waals surface area contributed by atoms with Gasteiger partial charge in [-0.25, -0.2) is 8.42 Å². The molecule has 242 valence electrons. The zero-order chi connectivity index (χ0) is 33.1. The number of nitrogens with zero attached hydrogens (tertiary/aromatic N) is 2. The maximum atomic E-state index is 14.6. The van der Waals surface area contributed by atoms with Crippen LogP contribution in [0.2, 0.25) is 0 Å². The number of amides is 2. The van der Waals surface area contributed by atoms with E-state index in [0.717, 1.165) is 29.5 Å². The molecule has 0 bridgehead atoms. The lowest BCUT2D eigenvalue weighted by molar-refractivity contribution is -0.140. The highest BCUT2D eigenvalue weighted by atomic mass is 32.2. The van der Waals surface area contributed by atoms with Crippen molar-refractivity contribution < 1.29 is 22.7 Å². The standard InChI is InChI=1S/C37H43N3O5S/c1-5-6-22-38-37(42)35(25-30-14-9-7-10-15-30)39(26-31-16-13-17-32(24-31)45-4)36(41)27-40(34-23-28(2)20-21-29(34)3)46(43,44)33-18-11-8-12-19-33/h7-21,23-24,35H,5-6,22,25-27H2,1-4H3,(H,38,42). The number of rotatable bonds is 15. The summed E-state index contributed by atoms with van der Waals surface area (Å²) in [6.07, 6.45) is 1.95. The van der Waals surface area contributed by atoms with Gasteiger partial charge in [0.25, 0.3) is 10.0 Å². The molecule has 1 atom stereocenters. The van der Waals surface area contributed by atoms with E-state index in [9.17, 15) is 18.0 Å². The fourth-order valence-electron chi connectivity index (χ4n) is 5.25. The van der Waals surface area contributed by atoms with Crippen LogP contribution >= 0.6 is 0 Å². The van der Waals surface area contributed by atoms with E-state index in [1.807, 2.05) is 87.5 Å². The Labute approximate surface area is 273 Å². The molecule has 0 aliphatic carbocycles. The van der Waals surface area contributed by atoms with Gasteiger partial charge in [0.05, 0.1) is 17.7 Å². The van der Waals surface area contributed by atoms with Crippen LogP contribution in [0, 0.1) is 13.8 Å². The number of hydrogen-bond acceptors (Lipinski definition) is 5. The molecule has 0 heterocycles. The number of unbranched alkanes of at least 4 members (excludes halogenated alkanes) is 1. The van der Waals surface area contributed by atoms with Gasteiger partial charge in [-0.3, -0.25) is 13.9 Å². The smallest absolute Gasteiger partial charge is 0.264 e. The van der Waals surface area contributed by atoms with Crippen molar-refractivity contribution in [1.29, 1.82) is 0 Å². The predicted octanol–water partition coefficient (Wildman–Crippen LogP) is 6.06. The molecule has 9 heteroatoms. The fraction of sp³-hybridized carbons (Fsp3) is 0.297. The molecule has 4 aromatic carbocycles. The Hall–Kier alpha value is -4.63. The van der Waals surface area contributed by atoms with E-state index < -0.39 is 28.5 Å². The van der Waals surface area contributed by atoms with Crippen molar-refractivity contribution in [1.82, 2.24) is 10.2 Å². The maximum Gasteiger partial charge on any atom is 0.264 e. The van der Waals surface area contributed by atoms with Crippen molar-refractivity contribution in [3.05, 3.63) is 125 Å². The first-order valence-electron chi connectivity index (χ1n) is 15.5. The van der Waals surface area contributed by atoms with Crippen molar-refractivity contribution in [3.63, 3.8) is 0 Å². The predicted molar refractivity (Wildman–Crippen MR) is 182 cm³/mol. The normalized spacial score (nSPS) is 11.8. The molecule has 4 rings (SSSR count). The summed E-state index contributed by atoms with van der Waals surface area (Å²) in [5.41, 5.74) is 3.59. The van der Waals surface area contributed by atoms with Gasteiger partial charge in [0.1, 0.15) is 18.3 Å². The van der Waals surface area contributed by atoms with Crippen LogP contribution in [0.1, 0.15) is 42.0 Å². The highest BCUT2D eigenvalue weighted by molar-refractivity contribution is 7.92. The number of nitrogens with one attached hydrogen (secondary N) is 1. The third-order valence-corrected chi connectivity index (χ3v) is 9.61. The Morgan fingerprint density at radius 2 is 1.52 bits per heavy atom. The van der Waals surface area contributed by atoms with Gasteiger partial charge in [0.2, 0.25) is 11.8 Å². The molecule has 8 nitrogen and oxygen atoms in total. The molecule has 1 N–H and O–H groups in total. The van der Waals surface area contributed by atoms with Crippen molar-refractivity contribution in [2.75, 3.05) is 24.5 Å². The van der Waals surface area contributed by atoms with Crippen LogP contribution in [0.25, 0.3) is 0 Å². The maximum absolute atomic E-state index is 14.6. The molecule has 0 saturated carbocycles. The molecule has 0 aliphatic rings. The summed E-state index contributed by atoms with van der Waals surface area (Å²) >= 11 is 0. The number of aryl methyl sites for hydroxylation is 2. The molecule has 4 aromatic rings. The van der Waals surface area contributed by atoms with Crippen LogP contribution in [0.15, 0.2) is 108 Å². The number of methoxy groups -OCH3 is 1. The first-order chi connectivity index (χ1) is 22.1. The van der Waals surface area contributed by atoms with Crippen LogP contribution in [-0.2, 0) is 32.6 Å². The Morgan fingerprint density at radius 3 is 2.20 bits per heavy atom. The van der Waals surface area contributed by atoms with E-state index in [-0.39, 0.29) is 23.8 Å². The zero-order valence-electron chi connectivity index (χ0n) is 27.0. The minimum Gasteiger partial charge on any atom is -0.497 e. The highest BCUT2D eigenvalue weighted by Crippen LogP contribution is 2.29. The van der Waals surface area contributed by atoms with E-state index >= 15 is 0 Å². The second-order valence-electron chi connectivity index (χ2n) is 11.3. The summed E-state index contributed by atoms with van der Waals surface area (Å²) in [7, 11) is -2.60. The first-order valence-corrected chi connectivity index (χ1v) is 17.0. The number of anilines is 1. The van der Waals surface area contributed by atoms with Crippen LogP contribution in [0.4, 0.5) is 5.69 Å². The first kappa shape index (κ1) is 34.2. The van der Waals surface area contributed by atoms with E-state index in [2.05, 4.69) is 5.32 Å². The van der Waals surface area contributed by atoms with E-state index in [4.69, 9.17) is 4.74 Å². The van der Waals surface area contributed by atoms with Gasteiger partial charge < -0.3 is 15.0 Å². The molecule has 46 heavy (non-hydrogen) atoms. The van der Waals surface area contributed by atoms with E-state index in [1.165, 1.54) is 21.3 Å². The average Bonchev–Trinajstić information content (AvgIpc) is 3.07. The molecular formula is C37H43N3O5S. The molecule has 0 radical (unpaired) electrons. The summed E-state index contributed by atoms with van der Waals surface area (Å²) in [6, 6.07) is 29.5. The molecule has 0 saturated heterocycles. The number of hydrogen-bond donors (Lipinski definition) is 1. The lowest BCUT2D eigenvalue weighted by Gasteiger charge is -2.34. The summed E-state index contributed by atoms with van der Waals surface area (Å²) in [6.45, 7) is 5.78. The summed E-state index contributed by atoms with van der Waals surface area (Å²) < 4.78 is 35.1. The second-order valence-corrected chi connectivity index (χ2v) is 13.2. The molecule has 1 unspecified atom stereocenters. The Balaban J connectivity index is 1.82. The lowest BCUT2D eigenvalue weighted by atomic mass is 10.0. The van der Waals surface area contributed by atoms with Gasteiger partial charge in [-0.15, -0.1) is 0 Å². The molecule has 0 aromatic heterocycles. The van der Waals surface area contributed by atoms with Crippen LogP contribution in [0.3, 0.4) is 0 Å². The monoisotopic (exact) mass is 641 g/mol. The van der Waals surface area contributed by atoms with Crippen LogP contribution in [0.5, 0.6) is 5.75 Å². The van der Waals surface area contributed by atoms with Gasteiger partial charge in [-0.2, -0.15) is 0 Å². The number of ether oxygens (including phenoxy) is 1. The van der Waals surface area contributed by atoms with Crippen molar-refractivity contribution >= 4 is 27.5 Å². The SMILES string of the molecule is CCCCNC(=O)C(Cc1ccccc1)N(Cc1cccc(OC)c1)C(=O)CN(c1cc(C)ccc1C)S(=O)(=O)c1ccccc1. The minimum absolute atomic E-state index is 0.0702. The Morgan fingerprint density at radius 1 is 0.848 bits per heavy atom. The lowest BCUT2D eigenvalue weighted by Crippen LogP contribution is -2.53. The second kappa shape index (κ2) is 16.1. The van der Waals surface area contributed by atoms with Crippen molar-refractivity contribution in [3.8, 4) is 5.75 Å². The summed E-state index contributed by atoms with van der Waals surface area (Å²) in [5, 5.41) is 3.02. The Bertz CT molecular complexity index is 1710. The topological polar surface area (TPSA) is 96.0 Å². The van der Waals surface area contributed by atoms with E-state index in [0.29, 0.717) is 23.5 Å². The fourth-order valence-corrected chi connectivity index (χ4v) is 6.74. The van der Waals surface area contributed by atoms with E-state index in [1.54, 1.807) is 31.4 Å².